The SMILES string of the molecule is COc1ccc(C)cc1C(=O)N1CCCC1CCCCl. The minimum absolute atomic E-state index is 0.0858. The van der Waals surface area contributed by atoms with Crippen LogP contribution in [0.15, 0.2) is 18.2 Å². The highest BCUT2D eigenvalue weighted by Gasteiger charge is 2.30. The molecule has 1 atom stereocenters. The molecule has 1 aromatic rings. The van der Waals surface area contributed by atoms with Gasteiger partial charge in [-0.1, -0.05) is 11.6 Å². The highest BCUT2D eigenvalue weighted by molar-refractivity contribution is 6.17. The molecule has 1 fully saturated rings. The third kappa shape index (κ3) is 3.26. The van der Waals surface area contributed by atoms with E-state index in [2.05, 4.69) is 0 Å². The van der Waals surface area contributed by atoms with Gasteiger partial charge in [-0.3, -0.25) is 4.79 Å². The van der Waals surface area contributed by atoms with Crippen LogP contribution in [0.2, 0.25) is 0 Å². The lowest BCUT2D eigenvalue weighted by Crippen LogP contribution is -2.35. The Morgan fingerprint density at radius 3 is 3.00 bits per heavy atom. The van der Waals surface area contributed by atoms with Crippen molar-refractivity contribution >= 4 is 17.5 Å². The average Bonchev–Trinajstić information content (AvgIpc) is 2.92. The third-order valence-corrected chi connectivity index (χ3v) is 4.16. The van der Waals surface area contributed by atoms with E-state index in [1.54, 1.807) is 7.11 Å². The number of hydrogen-bond donors (Lipinski definition) is 0. The van der Waals surface area contributed by atoms with E-state index in [0.29, 0.717) is 23.2 Å². The van der Waals surface area contributed by atoms with Crippen LogP contribution in [0, 0.1) is 6.92 Å². The second-order valence-electron chi connectivity index (χ2n) is 5.33. The Morgan fingerprint density at radius 2 is 2.30 bits per heavy atom. The summed E-state index contributed by atoms with van der Waals surface area (Å²) in [6, 6.07) is 6.07. The minimum atomic E-state index is 0.0858. The van der Waals surface area contributed by atoms with Gasteiger partial charge in [0, 0.05) is 18.5 Å². The van der Waals surface area contributed by atoms with Gasteiger partial charge in [-0.15, -0.1) is 11.6 Å². The molecular formula is C16H22ClNO2. The molecule has 0 bridgehead atoms. The molecule has 0 radical (unpaired) electrons. The predicted molar refractivity (Wildman–Crippen MR) is 81.7 cm³/mol. The fourth-order valence-electron chi connectivity index (χ4n) is 2.86. The van der Waals surface area contributed by atoms with Gasteiger partial charge in [-0.05, 0) is 44.7 Å². The van der Waals surface area contributed by atoms with Crippen molar-refractivity contribution in [1.29, 1.82) is 0 Å². The fraction of sp³-hybridized carbons (Fsp3) is 0.562. The lowest BCUT2D eigenvalue weighted by atomic mass is 10.1. The number of hydrogen-bond acceptors (Lipinski definition) is 2. The van der Waals surface area contributed by atoms with Crippen LogP contribution in [-0.2, 0) is 0 Å². The van der Waals surface area contributed by atoms with Crippen molar-refractivity contribution in [2.45, 2.75) is 38.6 Å². The van der Waals surface area contributed by atoms with Gasteiger partial charge in [0.1, 0.15) is 5.75 Å². The molecule has 2 rings (SSSR count). The Morgan fingerprint density at radius 1 is 1.50 bits per heavy atom. The van der Waals surface area contributed by atoms with E-state index in [1.807, 2.05) is 30.0 Å². The van der Waals surface area contributed by atoms with Gasteiger partial charge in [0.05, 0.1) is 12.7 Å². The summed E-state index contributed by atoms with van der Waals surface area (Å²) in [5.74, 6) is 1.40. The summed E-state index contributed by atoms with van der Waals surface area (Å²) >= 11 is 5.77. The molecule has 1 aromatic carbocycles. The zero-order valence-electron chi connectivity index (χ0n) is 12.2. The third-order valence-electron chi connectivity index (χ3n) is 3.89. The van der Waals surface area contributed by atoms with Crippen LogP contribution in [0.5, 0.6) is 5.75 Å². The maximum absolute atomic E-state index is 12.8. The summed E-state index contributed by atoms with van der Waals surface area (Å²) in [6.07, 6.45) is 4.11. The van der Waals surface area contributed by atoms with E-state index in [4.69, 9.17) is 16.3 Å². The quantitative estimate of drug-likeness (QED) is 0.776. The number of halogens is 1. The van der Waals surface area contributed by atoms with Crippen molar-refractivity contribution in [3.63, 3.8) is 0 Å². The Bertz CT molecular complexity index is 476. The Hall–Kier alpha value is -1.22. The summed E-state index contributed by atoms with van der Waals surface area (Å²) in [6.45, 7) is 2.83. The number of carbonyl (C=O) groups excluding carboxylic acids is 1. The molecule has 0 spiro atoms. The molecule has 1 heterocycles. The first kappa shape index (κ1) is 15.2. The standard InChI is InChI=1S/C16H22ClNO2/c1-12-7-8-15(20-2)14(11-12)16(19)18-10-4-6-13(18)5-3-9-17/h7-8,11,13H,3-6,9-10H2,1-2H3. The first-order valence-corrected chi connectivity index (χ1v) is 7.72. The monoisotopic (exact) mass is 295 g/mol. The molecule has 1 aliphatic heterocycles. The summed E-state index contributed by atoms with van der Waals surface area (Å²) in [7, 11) is 1.61. The average molecular weight is 296 g/mol. The summed E-state index contributed by atoms with van der Waals surface area (Å²) in [4.78, 5) is 14.8. The normalized spacial score (nSPS) is 18.4. The number of nitrogens with zero attached hydrogens (tertiary/aromatic N) is 1. The first-order valence-electron chi connectivity index (χ1n) is 7.19. The lowest BCUT2D eigenvalue weighted by Gasteiger charge is -2.25. The van der Waals surface area contributed by atoms with Gasteiger partial charge in [0.15, 0.2) is 0 Å². The molecule has 0 saturated carbocycles. The topological polar surface area (TPSA) is 29.5 Å². The number of carbonyl (C=O) groups is 1. The van der Waals surface area contributed by atoms with Gasteiger partial charge in [-0.25, -0.2) is 0 Å². The van der Waals surface area contributed by atoms with E-state index in [-0.39, 0.29) is 5.91 Å². The smallest absolute Gasteiger partial charge is 0.257 e. The van der Waals surface area contributed by atoms with Crippen LogP contribution in [0.4, 0.5) is 0 Å². The molecule has 3 nitrogen and oxygen atoms in total. The van der Waals surface area contributed by atoms with Gasteiger partial charge >= 0.3 is 0 Å². The van der Waals surface area contributed by atoms with Gasteiger partial charge in [0.2, 0.25) is 0 Å². The van der Waals surface area contributed by atoms with Crippen molar-refractivity contribution in [2.75, 3.05) is 19.5 Å². The number of ether oxygens (including phenoxy) is 1. The van der Waals surface area contributed by atoms with Crippen molar-refractivity contribution in [2.24, 2.45) is 0 Å². The summed E-state index contributed by atoms with van der Waals surface area (Å²) < 4.78 is 5.33. The number of amides is 1. The highest BCUT2D eigenvalue weighted by atomic mass is 35.5. The van der Waals surface area contributed by atoms with E-state index in [0.717, 1.165) is 37.8 Å². The van der Waals surface area contributed by atoms with E-state index in [9.17, 15) is 4.79 Å². The number of methoxy groups -OCH3 is 1. The van der Waals surface area contributed by atoms with E-state index < -0.39 is 0 Å². The maximum atomic E-state index is 12.8. The molecule has 0 N–H and O–H groups in total. The molecule has 1 unspecified atom stereocenters. The summed E-state index contributed by atoms with van der Waals surface area (Å²) in [5.41, 5.74) is 1.75. The second kappa shape index (κ2) is 6.98. The zero-order valence-corrected chi connectivity index (χ0v) is 12.9. The van der Waals surface area contributed by atoms with Crippen molar-refractivity contribution in [1.82, 2.24) is 4.90 Å². The zero-order chi connectivity index (χ0) is 14.5. The molecule has 1 saturated heterocycles. The second-order valence-corrected chi connectivity index (χ2v) is 5.71. The van der Waals surface area contributed by atoms with Crippen molar-refractivity contribution in [3.8, 4) is 5.75 Å². The molecular weight excluding hydrogens is 274 g/mol. The van der Waals surface area contributed by atoms with Crippen LogP contribution in [0.25, 0.3) is 0 Å². The number of rotatable bonds is 5. The fourth-order valence-corrected chi connectivity index (χ4v) is 3.01. The van der Waals surface area contributed by atoms with Crippen LogP contribution >= 0.6 is 11.6 Å². The number of aryl methyl sites for hydroxylation is 1. The lowest BCUT2D eigenvalue weighted by molar-refractivity contribution is 0.0726. The molecule has 1 aliphatic rings. The van der Waals surface area contributed by atoms with Gasteiger partial charge in [-0.2, -0.15) is 0 Å². The summed E-state index contributed by atoms with van der Waals surface area (Å²) in [5, 5.41) is 0. The van der Waals surface area contributed by atoms with Gasteiger partial charge < -0.3 is 9.64 Å². The Labute approximate surface area is 125 Å². The molecule has 110 valence electrons. The molecule has 0 aliphatic carbocycles. The van der Waals surface area contributed by atoms with Crippen LogP contribution < -0.4 is 4.74 Å². The van der Waals surface area contributed by atoms with Gasteiger partial charge in [0.25, 0.3) is 5.91 Å². The Balaban J connectivity index is 2.19. The Kier molecular flexibility index (Phi) is 5.30. The number of likely N-dealkylation sites (tertiary alicyclic amines) is 1. The predicted octanol–water partition coefficient (Wildman–Crippen LogP) is 3.63. The first-order chi connectivity index (χ1) is 9.67. The maximum Gasteiger partial charge on any atom is 0.257 e. The van der Waals surface area contributed by atoms with Crippen LogP contribution in [0.1, 0.15) is 41.6 Å². The molecule has 1 amide bonds. The molecule has 4 heteroatoms. The van der Waals surface area contributed by atoms with Crippen LogP contribution in [0.3, 0.4) is 0 Å². The van der Waals surface area contributed by atoms with Crippen molar-refractivity contribution < 1.29 is 9.53 Å². The molecule has 0 aromatic heterocycles. The van der Waals surface area contributed by atoms with Crippen LogP contribution in [-0.4, -0.2) is 36.4 Å². The van der Waals surface area contributed by atoms with Crippen molar-refractivity contribution in [3.05, 3.63) is 29.3 Å². The van der Waals surface area contributed by atoms with E-state index in [1.165, 1.54) is 0 Å². The van der Waals surface area contributed by atoms with E-state index >= 15 is 0 Å². The highest BCUT2D eigenvalue weighted by Crippen LogP contribution is 2.27. The molecule has 20 heavy (non-hydrogen) atoms. The number of benzene rings is 1. The number of alkyl halides is 1. The minimum Gasteiger partial charge on any atom is -0.496 e. The largest absolute Gasteiger partial charge is 0.496 e.